The SMILES string of the molecule is CNS(=O)(=O)c1ccc(CNc2cccc(COC)c2)o1. The second-order valence-corrected chi connectivity index (χ2v) is 6.23. The predicted molar refractivity (Wildman–Crippen MR) is 79.4 cm³/mol. The first-order valence-electron chi connectivity index (χ1n) is 6.39. The smallest absolute Gasteiger partial charge is 0.273 e. The molecule has 21 heavy (non-hydrogen) atoms. The number of nitrogens with one attached hydrogen (secondary N) is 2. The van der Waals surface area contributed by atoms with Gasteiger partial charge in [0.1, 0.15) is 5.76 Å². The molecular formula is C14H18N2O4S. The number of anilines is 1. The van der Waals surface area contributed by atoms with Crippen LogP contribution in [-0.4, -0.2) is 22.6 Å². The molecular weight excluding hydrogens is 292 g/mol. The van der Waals surface area contributed by atoms with Crippen molar-refractivity contribution in [1.29, 1.82) is 0 Å². The van der Waals surface area contributed by atoms with E-state index in [4.69, 9.17) is 9.15 Å². The van der Waals surface area contributed by atoms with E-state index < -0.39 is 10.0 Å². The third-order valence-electron chi connectivity index (χ3n) is 2.88. The van der Waals surface area contributed by atoms with Crippen molar-refractivity contribution in [3.8, 4) is 0 Å². The van der Waals surface area contributed by atoms with Crippen LogP contribution in [-0.2, 0) is 27.9 Å². The maximum Gasteiger partial charge on any atom is 0.273 e. The Labute approximate surface area is 124 Å². The molecule has 0 atom stereocenters. The largest absolute Gasteiger partial charge is 0.446 e. The number of hydrogen-bond donors (Lipinski definition) is 2. The first-order chi connectivity index (χ1) is 10.0. The fourth-order valence-electron chi connectivity index (χ4n) is 1.83. The van der Waals surface area contributed by atoms with E-state index >= 15 is 0 Å². The topological polar surface area (TPSA) is 80.6 Å². The van der Waals surface area contributed by atoms with E-state index in [0.29, 0.717) is 18.9 Å². The average Bonchev–Trinajstić information content (AvgIpc) is 2.96. The third kappa shape index (κ3) is 4.07. The van der Waals surface area contributed by atoms with Gasteiger partial charge in [0, 0.05) is 12.8 Å². The highest BCUT2D eigenvalue weighted by atomic mass is 32.2. The van der Waals surface area contributed by atoms with Gasteiger partial charge in [-0.3, -0.25) is 0 Å². The van der Waals surface area contributed by atoms with Gasteiger partial charge in [0.2, 0.25) is 5.09 Å². The van der Waals surface area contributed by atoms with Gasteiger partial charge in [0.15, 0.2) is 0 Å². The molecule has 0 amide bonds. The van der Waals surface area contributed by atoms with E-state index in [-0.39, 0.29) is 5.09 Å². The molecule has 0 saturated carbocycles. The molecule has 2 rings (SSSR count). The Morgan fingerprint density at radius 1 is 1.24 bits per heavy atom. The van der Waals surface area contributed by atoms with Crippen molar-refractivity contribution in [2.24, 2.45) is 0 Å². The van der Waals surface area contributed by atoms with Crippen LogP contribution in [0.5, 0.6) is 0 Å². The summed E-state index contributed by atoms with van der Waals surface area (Å²) >= 11 is 0. The number of benzene rings is 1. The van der Waals surface area contributed by atoms with E-state index in [2.05, 4.69) is 10.0 Å². The van der Waals surface area contributed by atoms with Gasteiger partial charge in [-0.15, -0.1) is 0 Å². The van der Waals surface area contributed by atoms with Crippen molar-refractivity contribution in [2.75, 3.05) is 19.5 Å². The van der Waals surface area contributed by atoms with Crippen LogP contribution in [0.3, 0.4) is 0 Å². The summed E-state index contributed by atoms with van der Waals surface area (Å²) in [4.78, 5) is 0. The first kappa shape index (κ1) is 15.6. The zero-order valence-electron chi connectivity index (χ0n) is 11.9. The molecule has 2 N–H and O–H groups in total. The van der Waals surface area contributed by atoms with Crippen molar-refractivity contribution in [3.63, 3.8) is 0 Å². The van der Waals surface area contributed by atoms with Crippen LogP contribution in [0.4, 0.5) is 5.69 Å². The van der Waals surface area contributed by atoms with Gasteiger partial charge >= 0.3 is 0 Å². The van der Waals surface area contributed by atoms with E-state index in [1.807, 2.05) is 24.3 Å². The number of methoxy groups -OCH3 is 1. The predicted octanol–water partition coefficient (Wildman–Crippen LogP) is 1.95. The summed E-state index contributed by atoms with van der Waals surface area (Å²) < 4.78 is 35.7. The molecule has 2 aromatic rings. The molecule has 0 bridgehead atoms. The molecule has 1 heterocycles. The van der Waals surface area contributed by atoms with Crippen LogP contribution in [0, 0.1) is 0 Å². The zero-order valence-corrected chi connectivity index (χ0v) is 12.7. The Bertz CT molecular complexity index is 695. The van der Waals surface area contributed by atoms with Crippen LogP contribution in [0.2, 0.25) is 0 Å². The lowest BCUT2D eigenvalue weighted by Crippen LogP contribution is -2.17. The maximum atomic E-state index is 11.6. The van der Waals surface area contributed by atoms with Gasteiger partial charge in [-0.05, 0) is 36.9 Å². The summed E-state index contributed by atoms with van der Waals surface area (Å²) in [6.07, 6.45) is 0. The Hall–Kier alpha value is -1.83. The summed E-state index contributed by atoms with van der Waals surface area (Å²) in [7, 11) is -0.546. The molecule has 0 radical (unpaired) electrons. The molecule has 114 valence electrons. The van der Waals surface area contributed by atoms with Crippen LogP contribution in [0.25, 0.3) is 0 Å². The third-order valence-corrected chi connectivity index (χ3v) is 4.16. The van der Waals surface area contributed by atoms with Gasteiger partial charge in [0.25, 0.3) is 10.0 Å². The highest BCUT2D eigenvalue weighted by molar-refractivity contribution is 7.89. The van der Waals surface area contributed by atoms with E-state index in [9.17, 15) is 8.42 Å². The molecule has 0 aliphatic carbocycles. The normalized spacial score (nSPS) is 11.5. The van der Waals surface area contributed by atoms with Crippen LogP contribution in [0.1, 0.15) is 11.3 Å². The van der Waals surface area contributed by atoms with Crippen molar-refractivity contribution >= 4 is 15.7 Å². The second-order valence-electron chi connectivity index (χ2n) is 4.42. The molecule has 0 spiro atoms. The summed E-state index contributed by atoms with van der Waals surface area (Å²) in [5.74, 6) is 0.543. The lowest BCUT2D eigenvalue weighted by molar-refractivity contribution is 0.185. The second kappa shape index (κ2) is 6.75. The van der Waals surface area contributed by atoms with Crippen LogP contribution >= 0.6 is 0 Å². The number of rotatable bonds is 7. The lowest BCUT2D eigenvalue weighted by atomic mass is 10.2. The van der Waals surface area contributed by atoms with Crippen molar-refractivity contribution in [2.45, 2.75) is 18.2 Å². The minimum Gasteiger partial charge on any atom is -0.446 e. The number of hydrogen-bond acceptors (Lipinski definition) is 5. The zero-order chi connectivity index (χ0) is 15.3. The molecule has 0 aliphatic heterocycles. The van der Waals surface area contributed by atoms with Crippen molar-refractivity contribution in [3.05, 3.63) is 47.7 Å². The summed E-state index contributed by atoms with van der Waals surface area (Å²) in [6, 6.07) is 10.9. The number of sulfonamides is 1. The van der Waals surface area contributed by atoms with Gasteiger partial charge in [-0.2, -0.15) is 0 Å². The molecule has 0 aliphatic rings. The molecule has 6 nitrogen and oxygen atoms in total. The van der Waals surface area contributed by atoms with Crippen LogP contribution < -0.4 is 10.0 Å². The molecule has 7 heteroatoms. The summed E-state index contributed by atoms with van der Waals surface area (Å²) in [5, 5.41) is 3.09. The van der Waals surface area contributed by atoms with Gasteiger partial charge in [0.05, 0.1) is 13.2 Å². The van der Waals surface area contributed by atoms with E-state index in [0.717, 1.165) is 11.3 Å². The molecule has 1 aromatic heterocycles. The quantitative estimate of drug-likeness (QED) is 0.817. The first-order valence-corrected chi connectivity index (χ1v) is 7.87. The standard InChI is InChI=1S/C14H18N2O4S/c1-15-21(17,18)14-7-6-13(20-14)9-16-12-5-3-4-11(8-12)10-19-2/h3-8,15-16H,9-10H2,1-2H3. The Morgan fingerprint density at radius 3 is 2.76 bits per heavy atom. The Kier molecular flexibility index (Phi) is 5.00. The number of ether oxygens (including phenoxy) is 1. The van der Waals surface area contributed by atoms with E-state index in [1.165, 1.54) is 13.1 Å². The fourth-order valence-corrected chi connectivity index (χ4v) is 2.49. The highest BCUT2D eigenvalue weighted by Gasteiger charge is 2.16. The monoisotopic (exact) mass is 310 g/mol. The Morgan fingerprint density at radius 2 is 2.05 bits per heavy atom. The van der Waals surface area contributed by atoms with Crippen molar-refractivity contribution in [1.82, 2.24) is 4.72 Å². The molecule has 0 saturated heterocycles. The molecule has 0 fully saturated rings. The van der Waals surface area contributed by atoms with Gasteiger partial charge in [-0.25, -0.2) is 13.1 Å². The Balaban J connectivity index is 2.02. The highest BCUT2D eigenvalue weighted by Crippen LogP contribution is 2.16. The van der Waals surface area contributed by atoms with Gasteiger partial charge in [-0.1, -0.05) is 12.1 Å². The number of furan rings is 1. The molecule has 0 unspecified atom stereocenters. The average molecular weight is 310 g/mol. The maximum absolute atomic E-state index is 11.6. The van der Waals surface area contributed by atoms with E-state index in [1.54, 1.807) is 13.2 Å². The molecule has 1 aromatic carbocycles. The van der Waals surface area contributed by atoms with Crippen LogP contribution in [0.15, 0.2) is 45.9 Å². The summed E-state index contributed by atoms with van der Waals surface area (Å²) in [5.41, 5.74) is 1.97. The minimum absolute atomic E-state index is 0.0880. The summed E-state index contributed by atoms with van der Waals surface area (Å²) in [6.45, 7) is 0.941. The van der Waals surface area contributed by atoms with Gasteiger partial charge < -0.3 is 14.5 Å². The minimum atomic E-state index is -3.54. The fraction of sp³-hybridized carbons (Fsp3) is 0.286. The lowest BCUT2D eigenvalue weighted by Gasteiger charge is -2.06. The van der Waals surface area contributed by atoms with Crippen molar-refractivity contribution < 1.29 is 17.6 Å².